The van der Waals surface area contributed by atoms with Crippen molar-refractivity contribution in [1.82, 2.24) is 29.8 Å². The number of aryl methyl sites for hydroxylation is 1. The Morgan fingerprint density at radius 3 is 1.77 bits per heavy atom. The Morgan fingerprint density at radius 1 is 0.736 bits per heavy atom. The summed E-state index contributed by atoms with van der Waals surface area (Å²) in [4.78, 5) is 17.4. The van der Waals surface area contributed by atoms with Crippen molar-refractivity contribution in [2.24, 2.45) is 0 Å². The maximum atomic E-state index is 12.6. The van der Waals surface area contributed by atoms with Crippen LogP contribution in [0.15, 0.2) is 140 Å². The standard InChI is InChI=1S/C44H42N6O3/c1-5-17-38-45-40(43(2,3)53-4)39(42(51)52)49(38)30-31-26-28-32(29-27-31)36-24-15-16-25-37(36)41-46-47-48-50(41)44(33-18-9-6-10-19-33,34-20-11-7-12-21-34)35-22-13-8-14-23-35/h6-16,18-29H,5,17,30H2,1-4H3,(H,51,52). The van der Waals surface area contributed by atoms with Crippen molar-refractivity contribution >= 4 is 5.97 Å². The van der Waals surface area contributed by atoms with Gasteiger partial charge in [-0.05, 0) is 64.1 Å². The molecule has 0 unspecified atom stereocenters. The van der Waals surface area contributed by atoms with E-state index >= 15 is 0 Å². The number of nitrogens with zero attached hydrogens (tertiary/aromatic N) is 6. The molecule has 0 saturated carbocycles. The third-order valence-electron chi connectivity index (χ3n) is 9.94. The van der Waals surface area contributed by atoms with E-state index in [1.807, 2.05) is 102 Å². The van der Waals surface area contributed by atoms with Crippen molar-refractivity contribution in [3.8, 4) is 22.5 Å². The van der Waals surface area contributed by atoms with Crippen LogP contribution in [0.2, 0.25) is 0 Å². The molecule has 7 aromatic rings. The van der Waals surface area contributed by atoms with Crippen LogP contribution in [0.1, 0.15) is 71.5 Å². The monoisotopic (exact) mass is 702 g/mol. The lowest BCUT2D eigenvalue weighted by atomic mass is 9.77. The summed E-state index contributed by atoms with van der Waals surface area (Å²) in [6, 6.07) is 47.4. The van der Waals surface area contributed by atoms with Gasteiger partial charge in [0.15, 0.2) is 11.5 Å². The molecule has 9 nitrogen and oxygen atoms in total. The highest BCUT2D eigenvalue weighted by Gasteiger charge is 2.42. The van der Waals surface area contributed by atoms with E-state index in [4.69, 9.17) is 20.0 Å². The molecule has 266 valence electrons. The van der Waals surface area contributed by atoms with Gasteiger partial charge in [0.25, 0.3) is 0 Å². The number of hydrogen-bond acceptors (Lipinski definition) is 6. The molecule has 0 aliphatic rings. The van der Waals surface area contributed by atoms with E-state index in [-0.39, 0.29) is 5.69 Å². The van der Waals surface area contributed by atoms with Crippen LogP contribution in [0.25, 0.3) is 22.5 Å². The molecule has 0 amide bonds. The molecule has 7 rings (SSSR count). The van der Waals surface area contributed by atoms with Gasteiger partial charge in [-0.3, -0.25) is 0 Å². The zero-order valence-electron chi connectivity index (χ0n) is 30.3. The molecule has 0 fully saturated rings. The molecule has 1 N–H and O–H groups in total. The second-order valence-corrected chi connectivity index (χ2v) is 13.5. The molecule has 2 heterocycles. The van der Waals surface area contributed by atoms with E-state index in [9.17, 15) is 9.90 Å². The summed E-state index contributed by atoms with van der Waals surface area (Å²) in [6.45, 7) is 6.10. The normalized spacial score (nSPS) is 11.8. The average molecular weight is 703 g/mol. The highest BCUT2D eigenvalue weighted by Crippen LogP contribution is 2.43. The predicted octanol–water partition coefficient (Wildman–Crippen LogP) is 8.62. The van der Waals surface area contributed by atoms with Crippen LogP contribution in [0, 0.1) is 0 Å². The number of methoxy groups -OCH3 is 1. The third kappa shape index (κ3) is 6.44. The molecule has 0 bridgehead atoms. The van der Waals surface area contributed by atoms with E-state index in [2.05, 4.69) is 72.8 Å². The van der Waals surface area contributed by atoms with Gasteiger partial charge in [-0.1, -0.05) is 146 Å². The maximum absolute atomic E-state index is 12.6. The Balaban J connectivity index is 1.34. The Bertz CT molecular complexity index is 2220. The fourth-order valence-corrected chi connectivity index (χ4v) is 7.21. The SMILES string of the molecule is CCCc1nc(C(C)(C)OC)c(C(=O)O)n1Cc1ccc(-c2ccccc2-c2nnnn2C(c2ccccc2)(c2ccccc2)c2ccccc2)cc1. The van der Waals surface area contributed by atoms with E-state index in [1.54, 1.807) is 7.11 Å². The number of rotatable bonds is 13. The van der Waals surface area contributed by atoms with Crippen molar-refractivity contribution in [2.75, 3.05) is 7.11 Å². The molecule has 9 heteroatoms. The topological polar surface area (TPSA) is 108 Å². The highest BCUT2D eigenvalue weighted by molar-refractivity contribution is 5.87. The van der Waals surface area contributed by atoms with Crippen LogP contribution >= 0.6 is 0 Å². The summed E-state index contributed by atoms with van der Waals surface area (Å²) >= 11 is 0. The van der Waals surface area contributed by atoms with E-state index < -0.39 is 17.1 Å². The number of carboxylic acids is 1. The highest BCUT2D eigenvalue weighted by atomic mass is 16.5. The van der Waals surface area contributed by atoms with Gasteiger partial charge < -0.3 is 14.4 Å². The van der Waals surface area contributed by atoms with E-state index in [0.717, 1.165) is 51.2 Å². The molecule has 53 heavy (non-hydrogen) atoms. The summed E-state index contributed by atoms with van der Waals surface area (Å²) in [5, 5.41) is 24.1. The number of carboxylic acid groups (broad SMARTS) is 1. The van der Waals surface area contributed by atoms with Gasteiger partial charge in [0.05, 0.1) is 0 Å². The fourth-order valence-electron chi connectivity index (χ4n) is 7.21. The lowest BCUT2D eigenvalue weighted by Gasteiger charge is -2.36. The van der Waals surface area contributed by atoms with Crippen LogP contribution < -0.4 is 0 Å². The molecule has 0 spiro atoms. The first-order valence-corrected chi connectivity index (χ1v) is 17.8. The van der Waals surface area contributed by atoms with Gasteiger partial charge in [-0.25, -0.2) is 14.5 Å². The Hall–Kier alpha value is -6.19. The first-order valence-electron chi connectivity index (χ1n) is 17.8. The lowest BCUT2D eigenvalue weighted by Crippen LogP contribution is -2.39. The van der Waals surface area contributed by atoms with Gasteiger partial charge in [0.2, 0.25) is 0 Å². The van der Waals surface area contributed by atoms with E-state index in [1.165, 1.54) is 0 Å². The molecule has 0 atom stereocenters. The van der Waals surface area contributed by atoms with Gasteiger partial charge in [0.1, 0.15) is 22.7 Å². The van der Waals surface area contributed by atoms with Crippen molar-refractivity contribution in [3.05, 3.63) is 179 Å². The fraction of sp³-hybridized carbons (Fsp3) is 0.205. The number of imidazole rings is 1. The third-order valence-corrected chi connectivity index (χ3v) is 9.94. The minimum atomic E-state index is -1.03. The number of tetrazole rings is 1. The van der Waals surface area contributed by atoms with Crippen molar-refractivity contribution in [2.45, 2.75) is 51.3 Å². The summed E-state index contributed by atoms with van der Waals surface area (Å²) < 4.78 is 9.43. The van der Waals surface area contributed by atoms with Crippen LogP contribution in [-0.2, 0) is 28.8 Å². The number of aromatic carboxylic acids is 1. The number of hydrogen-bond donors (Lipinski definition) is 1. The summed E-state index contributed by atoms with van der Waals surface area (Å²) in [7, 11) is 1.57. The zero-order chi connectivity index (χ0) is 37.0. The summed E-state index contributed by atoms with van der Waals surface area (Å²) in [5.41, 5.74) is 5.65. The van der Waals surface area contributed by atoms with Crippen molar-refractivity contribution < 1.29 is 14.6 Å². The van der Waals surface area contributed by atoms with Crippen LogP contribution in [-0.4, -0.2) is 47.9 Å². The molecular formula is C44H42N6O3. The smallest absolute Gasteiger partial charge is 0.354 e. The van der Waals surface area contributed by atoms with Crippen LogP contribution in [0.3, 0.4) is 0 Å². The second kappa shape index (κ2) is 14.8. The van der Waals surface area contributed by atoms with Crippen LogP contribution in [0.5, 0.6) is 0 Å². The molecular weight excluding hydrogens is 661 g/mol. The van der Waals surface area contributed by atoms with Crippen molar-refractivity contribution in [1.29, 1.82) is 0 Å². The molecule has 0 saturated heterocycles. The molecule has 0 aliphatic carbocycles. The predicted molar refractivity (Wildman–Crippen MR) is 206 cm³/mol. The Labute approximate surface area is 309 Å². The molecule has 5 aromatic carbocycles. The summed E-state index contributed by atoms with van der Waals surface area (Å²) in [6.07, 6.45) is 1.48. The van der Waals surface area contributed by atoms with Crippen LogP contribution in [0.4, 0.5) is 0 Å². The quantitative estimate of drug-likeness (QED) is 0.120. The van der Waals surface area contributed by atoms with Gasteiger partial charge in [0, 0.05) is 25.6 Å². The first kappa shape index (κ1) is 35.2. The maximum Gasteiger partial charge on any atom is 0.354 e. The first-order chi connectivity index (χ1) is 25.8. The minimum Gasteiger partial charge on any atom is -0.477 e. The second-order valence-electron chi connectivity index (χ2n) is 13.5. The molecule has 0 aliphatic heterocycles. The zero-order valence-corrected chi connectivity index (χ0v) is 30.3. The minimum absolute atomic E-state index is 0.153. The largest absolute Gasteiger partial charge is 0.477 e. The van der Waals surface area contributed by atoms with Crippen molar-refractivity contribution in [3.63, 3.8) is 0 Å². The molecule has 0 radical (unpaired) electrons. The van der Waals surface area contributed by atoms with Gasteiger partial charge >= 0.3 is 5.97 Å². The number of carbonyl (C=O) groups is 1. The van der Waals surface area contributed by atoms with E-state index in [0.29, 0.717) is 24.5 Å². The average Bonchev–Trinajstić information content (AvgIpc) is 3.83. The lowest BCUT2D eigenvalue weighted by molar-refractivity contribution is 0.0139. The Kier molecular flexibility index (Phi) is 9.84. The summed E-state index contributed by atoms with van der Waals surface area (Å²) in [5.74, 6) is 0.314. The number of ether oxygens (including phenoxy) is 1. The number of aromatic nitrogens is 6. The number of benzene rings is 5. The molecule has 2 aromatic heterocycles. The van der Waals surface area contributed by atoms with Gasteiger partial charge in [-0.2, -0.15) is 0 Å². The van der Waals surface area contributed by atoms with Gasteiger partial charge in [-0.15, -0.1) is 5.10 Å². The Morgan fingerprint density at radius 2 is 1.26 bits per heavy atom.